The Morgan fingerprint density at radius 1 is 0.398 bits per heavy atom. The van der Waals surface area contributed by atoms with Crippen molar-refractivity contribution in [2.75, 3.05) is 40.3 Å². The van der Waals surface area contributed by atoms with Gasteiger partial charge in [0.05, 0.1) is 12.1 Å². The van der Waals surface area contributed by atoms with E-state index in [-0.39, 0.29) is 47.3 Å². The number of amides is 8. The van der Waals surface area contributed by atoms with Crippen LogP contribution in [0.4, 0.5) is 0 Å². The van der Waals surface area contributed by atoms with E-state index in [1.54, 1.807) is 37.7 Å². The van der Waals surface area contributed by atoms with Crippen LogP contribution in [0.5, 0.6) is 0 Å². The third-order valence-corrected chi connectivity index (χ3v) is 18.9. The number of hydrogen-bond donors (Lipinski definition) is 8. The monoisotopic (exact) mass is 1200 g/mol. The van der Waals surface area contributed by atoms with Gasteiger partial charge in [0.15, 0.2) is 0 Å². The number of benzene rings is 4. The van der Waals surface area contributed by atoms with Gasteiger partial charge in [-0.05, 0) is 126 Å². The van der Waals surface area contributed by atoms with E-state index in [1.165, 1.54) is 0 Å². The fourth-order valence-corrected chi connectivity index (χ4v) is 13.6. The van der Waals surface area contributed by atoms with Crippen molar-refractivity contribution in [2.45, 2.75) is 190 Å². The predicted molar refractivity (Wildman–Crippen MR) is 341 cm³/mol. The fraction of sp³-hybridized carbons (Fsp3) is 0.543. The van der Waals surface area contributed by atoms with E-state index in [9.17, 15) is 38.4 Å². The Hall–Kier alpha value is -7.44. The largest absolute Gasteiger partial charge is 0.354 e. The van der Waals surface area contributed by atoms with Crippen molar-refractivity contribution in [3.8, 4) is 0 Å². The zero-order chi connectivity index (χ0) is 62.4. The summed E-state index contributed by atoms with van der Waals surface area (Å²) in [6.45, 7) is 4.88. The molecule has 0 radical (unpaired) electrons. The van der Waals surface area contributed by atoms with Gasteiger partial charge in [0.25, 0.3) is 0 Å². The molecule has 4 aliphatic rings. The van der Waals surface area contributed by atoms with Crippen molar-refractivity contribution < 1.29 is 38.4 Å². The van der Waals surface area contributed by atoms with Crippen LogP contribution in [0.15, 0.2) is 121 Å². The third kappa shape index (κ3) is 17.7. The minimum absolute atomic E-state index is 0.0457. The molecule has 2 aliphatic carbocycles. The topological polar surface area (TPSA) is 239 Å². The van der Waals surface area contributed by atoms with E-state index in [2.05, 4.69) is 42.5 Å². The molecule has 18 nitrogen and oxygen atoms in total. The van der Waals surface area contributed by atoms with Gasteiger partial charge in [0.2, 0.25) is 47.3 Å². The van der Waals surface area contributed by atoms with Gasteiger partial charge in [0.1, 0.15) is 36.3 Å². The molecule has 4 fully saturated rings. The first-order chi connectivity index (χ1) is 42.8. The Kier molecular flexibility index (Phi) is 25.5. The number of nitrogens with one attached hydrogen (secondary N) is 8. The molecule has 2 saturated carbocycles. The molecule has 0 spiro atoms. The Bertz CT molecular complexity index is 2620. The lowest BCUT2D eigenvalue weighted by molar-refractivity contribution is -0.143. The molecule has 0 bridgehead atoms. The second-order valence-corrected chi connectivity index (χ2v) is 24.7. The minimum Gasteiger partial charge on any atom is -0.354 e. The molecule has 474 valence electrons. The van der Waals surface area contributed by atoms with Gasteiger partial charge in [0, 0.05) is 38.0 Å². The molecule has 2 heterocycles. The van der Waals surface area contributed by atoms with E-state index in [0.29, 0.717) is 64.7 Å². The lowest BCUT2D eigenvalue weighted by Crippen LogP contribution is -2.59. The molecule has 18 heteroatoms. The molecular weight excluding hydrogens is 1110 g/mol. The van der Waals surface area contributed by atoms with Crippen molar-refractivity contribution >= 4 is 47.3 Å². The molecule has 0 aromatic heterocycles. The van der Waals surface area contributed by atoms with Crippen LogP contribution in [-0.4, -0.2) is 146 Å². The maximum absolute atomic E-state index is 14.8. The summed E-state index contributed by atoms with van der Waals surface area (Å²) < 4.78 is 0. The highest BCUT2D eigenvalue weighted by molar-refractivity contribution is 5.97. The summed E-state index contributed by atoms with van der Waals surface area (Å²) in [5, 5.41) is 24.7. The van der Waals surface area contributed by atoms with Gasteiger partial charge in [-0.1, -0.05) is 173 Å². The van der Waals surface area contributed by atoms with E-state index < -0.39 is 72.0 Å². The molecule has 88 heavy (non-hydrogen) atoms. The first-order valence-electron chi connectivity index (χ1n) is 32.7. The zero-order valence-electron chi connectivity index (χ0n) is 52.2. The maximum Gasteiger partial charge on any atom is 0.246 e. The summed E-state index contributed by atoms with van der Waals surface area (Å²) in [7, 11) is 3.41. The maximum atomic E-state index is 14.8. The summed E-state index contributed by atoms with van der Waals surface area (Å²) in [5.41, 5.74) is 3.36. The van der Waals surface area contributed by atoms with E-state index in [1.807, 2.05) is 121 Å². The molecule has 4 aromatic carbocycles. The average Bonchev–Trinajstić information content (AvgIpc) is 4.40. The van der Waals surface area contributed by atoms with Crippen molar-refractivity contribution in [3.05, 3.63) is 144 Å². The SMILES string of the molecule is CN[C@@H](C)C(=O)NC(C(=O)N1CCC[C@H]1C(=O)N[C@H](C(=O)NCCCCCCNC(=O)[C@@H](NC(=O)[C@@H]1CCCN1C(=O)C(NC(=O)[C@H](C)NC)C1CCCCC1)C(c1ccccc1)c1ccccc1)C(c1ccccc1)c1ccccc1)C1CCCCC1. The van der Waals surface area contributed by atoms with Crippen molar-refractivity contribution in [1.82, 2.24) is 52.3 Å². The Morgan fingerprint density at radius 3 is 1.02 bits per heavy atom. The van der Waals surface area contributed by atoms with Crippen molar-refractivity contribution in [1.29, 1.82) is 0 Å². The van der Waals surface area contributed by atoms with Crippen molar-refractivity contribution in [2.24, 2.45) is 11.8 Å². The third-order valence-electron chi connectivity index (χ3n) is 18.9. The molecule has 8 atom stereocenters. The highest BCUT2D eigenvalue weighted by Crippen LogP contribution is 2.34. The number of unbranched alkanes of at least 4 members (excludes halogenated alkanes) is 3. The van der Waals surface area contributed by atoms with Gasteiger partial charge in [-0.15, -0.1) is 0 Å². The molecule has 8 amide bonds. The fourth-order valence-electron chi connectivity index (χ4n) is 13.6. The van der Waals surface area contributed by atoms with Crippen LogP contribution >= 0.6 is 0 Å². The molecule has 2 aliphatic heterocycles. The molecule has 2 saturated heterocycles. The Balaban J connectivity index is 0.921. The number of hydrogen-bond acceptors (Lipinski definition) is 10. The number of rotatable bonds is 29. The molecule has 4 aromatic rings. The highest BCUT2D eigenvalue weighted by atomic mass is 16.2. The van der Waals surface area contributed by atoms with Crippen LogP contribution in [0, 0.1) is 11.8 Å². The lowest BCUT2D eigenvalue weighted by atomic mass is 9.83. The van der Waals surface area contributed by atoms with Gasteiger partial charge >= 0.3 is 0 Å². The van der Waals surface area contributed by atoms with Gasteiger partial charge in [-0.25, -0.2) is 0 Å². The van der Waals surface area contributed by atoms with Crippen LogP contribution in [0.2, 0.25) is 0 Å². The molecule has 8 rings (SSSR count). The first-order valence-corrected chi connectivity index (χ1v) is 32.7. The number of nitrogens with zero attached hydrogens (tertiary/aromatic N) is 2. The number of carbonyl (C=O) groups is 8. The number of likely N-dealkylation sites (N-methyl/N-ethyl adjacent to an activating group) is 2. The first kappa shape index (κ1) is 66.5. The van der Waals surface area contributed by atoms with Crippen LogP contribution in [0.1, 0.15) is 164 Å². The predicted octanol–water partition coefficient (Wildman–Crippen LogP) is 6.74. The summed E-state index contributed by atoms with van der Waals surface area (Å²) in [5.74, 6) is -3.84. The average molecular weight is 1210 g/mol. The van der Waals surface area contributed by atoms with Crippen LogP contribution in [-0.2, 0) is 38.4 Å². The van der Waals surface area contributed by atoms with Crippen LogP contribution in [0.25, 0.3) is 0 Å². The van der Waals surface area contributed by atoms with Gasteiger partial charge < -0.3 is 52.3 Å². The highest BCUT2D eigenvalue weighted by Gasteiger charge is 2.45. The molecule has 2 unspecified atom stereocenters. The van der Waals surface area contributed by atoms with Gasteiger partial charge in [-0.2, -0.15) is 0 Å². The van der Waals surface area contributed by atoms with Crippen LogP contribution < -0.4 is 42.5 Å². The second kappa shape index (κ2) is 33.8. The smallest absolute Gasteiger partial charge is 0.246 e. The number of likely N-dealkylation sites (tertiary alicyclic amines) is 2. The van der Waals surface area contributed by atoms with Crippen molar-refractivity contribution in [3.63, 3.8) is 0 Å². The second-order valence-electron chi connectivity index (χ2n) is 24.7. The summed E-state index contributed by atoms with van der Waals surface area (Å²) in [6.07, 6.45) is 14.0. The van der Waals surface area contributed by atoms with E-state index in [0.717, 1.165) is 99.3 Å². The summed E-state index contributed by atoms with van der Waals surface area (Å²) in [4.78, 5) is 118. The zero-order valence-corrected chi connectivity index (χ0v) is 52.2. The quantitative estimate of drug-likeness (QED) is 0.0267. The van der Waals surface area contributed by atoms with E-state index in [4.69, 9.17) is 0 Å². The normalized spacial score (nSPS) is 19.4. The summed E-state index contributed by atoms with van der Waals surface area (Å²) >= 11 is 0. The summed E-state index contributed by atoms with van der Waals surface area (Å²) in [6, 6.07) is 32.3. The molecular formula is C70H96N10O8. The Morgan fingerprint density at radius 2 is 0.716 bits per heavy atom. The van der Waals surface area contributed by atoms with Gasteiger partial charge in [-0.3, -0.25) is 38.4 Å². The minimum atomic E-state index is -1.05. The lowest BCUT2D eigenvalue weighted by Gasteiger charge is -2.36. The van der Waals surface area contributed by atoms with E-state index >= 15 is 0 Å². The van der Waals surface area contributed by atoms with Crippen LogP contribution in [0.3, 0.4) is 0 Å². The Labute approximate surface area is 521 Å². The standard InChI is InChI=1S/C70H96N10O8/c1-47(71-3)63(81)75-59(53-37-21-11-22-38-53)69(87)79-45-27-41-55(79)65(83)77-61(57(49-29-13-7-14-30-49)50-31-15-8-16-32-50)67(85)73-43-25-5-6-26-44-74-68(86)62(58(51-33-17-9-18-34-51)52-35-19-10-20-36-52)78-66(84)56-42-28-46-80(56)70(88)60(54-39-23-12-24-40-54)76-64(82)48(2)72-4/h7-10,13-20,29-36,47-48,53-62,71-72H,5-6,11-12,21-28,37-46H2,1-4H3,(H,73,85)(H,74,86)(H,75,81)(H,76,82)(H,77,83)(H,78,84)/t47-,48-,55-,56-,59?,60?,61-,62-/m0/s1. The number of carbonyl (C=O) groups excluding carboxylic acids is 8. The molecule has 8 N–H and O–H groups in total.